The van der Waals surface area contributed by atoms with E-state index in [2.05, 4.69) is 4.98 Å². The van der Waals surface area contributed by atoms with Crippen molar-refractivity contribution in [2.75, 3.05) is 20.1 Å². The zero-order valence-corrected chi connectivity index (χ0v) is 10.0. The predicted molar refractivity (Wildman–Crippen MR) is 65.3 cm³/mol. The second-order valence-electron chi connectivity index (χ2n) is 4.33. The molecule has 2 rings (SSSR count). The van der Waals surface area contributed by atoms with Crippen LogP contribution in [0.2, 0.25) is 0 Å². The lowest BCUT2D eigenvalue weighted by Crippen LogP contribution is -2.32. The number of pyridine rings is 1. The Balaban J connectivity index is 2.01. The maximum atomic E-state index is 12.0. The van der Waals surface area contributed by atoms with E-state index < -0.39 is 0 Å². The van der Waals surface area contributed by atoms with E-state index in [1.165, 1.54) is 0 Å². The van der Waals surface area contributed by atoms with Crippen molar-refractivity contribution in [2.45, 2.75) is 19.0 Å². The molecule has 17 heavy (non-hydrogen) atoms. The number of likely N-dealkylation sites (N-methyl/N-ethyl adjacent to an activating group) is 1. The number of aromatic nitrogens is 1. The summed E-state index contributed by atoms with van der Waals surface area (Å²) in [5.74, 6) is 0. The summed E-state index contributed by atoms with van der Waals surface area (Å²) in [6.45, 7) is 1.92. The summed E-state index contributed by atoms with van der Waals surface area (Å²) in [4.78, 5) is 19.8. The number of amides is 2. The normalized spacial score (nSPS) is 20.1. The lowest BCUT2D eigenvalue weighted by Gasteiger charge is -2.16. The molecule has 0 bridgehead atoms. The summed E-state index contributed by atoms with van der Waals surface area (Å²) >= 11 is 0. The lowest BCUT2D eigenvalue weighted by atomic mass is 10.2. The van der Waals surface area contributed by atoms with Crippen molar-refractivity contribution in [1.82, 2.24) is 14.8 Å². The maximum Gasteiger partial charge on any atom is 0.320 e. The fourth-order valence-corrected chi connectivity index (χ4v) is 2.13. The van der Waals surface area contributed by atoms with E-state index in [1.807, 2.05) is 30.1 Å². The summed E-state index contributed by atoms with van der Waals surface area (Å²) in [7, 11) is 1.83. The first-order valence-corrected chi connectivity index (χ1v) is 5.84. The minimum absolute atomic E-state index is 0.0640. The zero-order chi connectivity index (χ0) is 12.3. The second kappa shape index (κ2) is 5.14. The van der Waals surface area contributed by atoms with Gasteiger partial charge in [0.25, 0.3) is 0 Å². The Bertz CT molecular complexity index is 381. The summed E-state index contributed by atoms with van der Waals surface area (Å²) in [5.41, 5.74) is 6.46. The molecule has 0 radical (unpaired) electrons. The van der Waals surface area contributed by atoms with Gasteiger partial charge in [0.15, 0.2) is 0 Å². The van der Waals surface area contributed by atoms with Crippen LogP contribution in [-0.2, 0) is 6.54 Å². The van der Waals surface area contributed by atoms with Gasteiger partial charge in [-0.05, 0) is 25.1 Å². The average Bonchev–Trinajstić information content (AvgIpc) is 2.60. The smallest absolute Gasteiger partial charge is 0.320 e. The molecule has 1 saturated heterocycles. The Morgan fingerprint density at radius 3 is 3.00 bits per heavy atom. The first kappa shape index (κ1) is 11.9. The lowest BCUT2D eigenvalue weighted by molar-refractivity contribution is 0.193. The van der Waals surface area contributed by atoms with Crippen molar-refractivity contribution < 1.29 is 4.79 Å². The van der Waals surface area contributed by atoms with E-state index in [9.17, 15) is 4.79 Å². The van der Waals surface area contributed by atoms with Crippen LogP contribution < -0.4 is 5.73 Å². The standard InChI is InChI=1S/C12H18N4O/c1-15-11(5-6-13)9-16(12(15)17)8-10-4-2-3-7-14-10/h2-4,7,11H,5-6,8-9,13H2,1H3. The Kier molecular flexibility index (Phi) is 3.58. The molecule has 5 heteroatoms. The minimum atomic E-state index is 0.0640. The van der Waals surface area contributed by atoms with Gasteiger partial charge in [-0.1, -0.05) is 6.07 Å². The number of hydrogen-bond acceptors (Lipinski definition) is 3. The van der Waals surface area contributed by atoms with E-state index in [0.29, 0.717) is 13.1 Å². The number of carbonyl (C=O) groups is 1. The van der Waals surface area contributed by atoms with Crippen LogP contribution in [0.15, 0.2) is 24.4 Å². The van der Waals surface area contributed by atoms with Gasteiger partial charge in [0, 0.05) is 19.8 Å². The van der Waals surface area contributed by atoms with Crippen molar-refractivity contribution in [2.24, 2.45) is 5.73 Å². The van der Waals surface area contributed by atoms with Gasteiger partial charge in [-0.25, -0.2) is 4.79 Å². The number of nitrogens with zero attached hydrogens (tertiary/aromatic N) is 3. The molecule has 1 aliphatic heterocycles. The molecule has 1 atom stereocenters. The largest absolute Gasteiger partial charge is 0.330 e. The van der Waals surface area contributed by atoms with Crippen LogP contribution in [0.1, 0.15) is 12.1 Å². The van der Waals surface area contributed by atoms with E-state index in [-0.39, 0.29) is 12.1 Å². The number of rotatable bonds is 4. The highest BCUT2D eigenvalue weighted by Gasteiger charge is 2.33. The van der Waals surface area contributed by atoms with E-state index >= 15 is 0 Å². The monoisotopic (exact) mass is 234 g/mol. The molecule has 2 amide bonds. The third kappa shape index (κ3) is 2.55. The number of carbonyl (C=O) groups excluding carboxylic acids is 1. The van der Waals surface area contributed by atoms with Crippen LogP contribution in [0.4, 0.5) is 4.79 Å². The van der Waals surface area contributed by atoms with Gasteiger partial charge in [0.2, 0.25) is 0 Å². The number of urea groups is 1. The average molecular weight is 234 g/mol. The molecule has 1 aromatic rings. The van der Waals surface area contributed by atoms with Gasteiger partial charge in [0.05, 0.1) is 18.3 Å². The SMILES string of the molecule is CN1C(=O)N(Cc2ccccn2)CC1CCN. The van der Waals surface area contributed by atoms with Gasteiger partial charge in [-0.2, -0.15) is 0 Å². The van der Waals surface area contributed by atoms with Crippen molar-refractivity contribution in [3.05, 3.63) is 30.1 Å². The van der Waals surface area contributed by atoms with Crippen LogP contribution in [0.3, 0.4) is 0 Å². The maximum absolute atomic E-state index is 12.0. The van der Waals surface area contributed by atoms with Crippen LogP contribution in [0.25, 0.3) is 0 Å². The van der Waals surface area contributed by atoms with Crippen LogP contribution in [0.5, 0.6) is 0 Å². The zero-order valence-electron chi connectivity index (χ0n) is 10.0. The molecular weight excluding hydrogens is 216 g/mol. The van der Waals surface area contributed by atoms with Crippen molar-refractivity contribution in [3.8, 4) is 0 Å². The highest BCUT2D eigenvalue weighted by molar-refractivity contribution is 5.76. The molecule has 0 aromatic carbocycles. The van der Waals surface area contributed by atoms with Crippen LogP contribution >= 0.6 is 0 Å². The third-order valence-corrected chi connectivity index (χ3v) is 3.13. The van der Waals surface area contributed by atoms with Crippen molar-refractivity contribution in [1.29, 1.82) is 0 Å². The molecule has 1 unspecified atom stereocenters. The predicted octanol–water partition coefficient (Wildman–Crippen LogP) is 0.666. The Hall–Kier alpha value is -1.62. The Morgan fingerprint density at radius 2 is 2.35 bits per heavy atom. The van der Waals surface area contributed by atoms with Crippen LogP contribution in [-0.4, -0.2) is 47.0 Å². The molecule has 1 aromatic heterocycles. The summed E-state index contributed by atoms with van der Waals surface area (Å²) in [6.07, 6.45) is 2.60. The molecule has 0 aliphatic carbocycles. The highest BCUT2D eigenvalue weighted by Crippen LogP contribution is 2.18. The highest BCUT2D eigenvalue weighted by atomic mass is 16.2. The number of hydrogen-bond donors (Lipinski definition) is 1. The molecule has 0 spiro atoms. The van der Waals surface area contributed by atoms with Gasteiger partial charge in [-0.3, -0.25) is 4.98 Å². The summed E-state index contributed by atoms with van der Waals surface area (Å²) in [6, 6.07) is 6.04. The molecule has 2 heterocycles. The summed E-state index contributed by atoms with van der Waals surface area (Å²) in [5, 5.41) is 0. The van der Waals surface area contributed by atoms with Gasteiger partial charge >= 0.3 is 6.03 Å². The van der Waals surface area contributed by atoms with Crippen molar-refractivity contribution >= 4 is 6.03 Å². The van der Waals surface area contributed by atoms with Crippen LogP contribution in [0, 0.1) is 0 Å². The molecule has 92 valence electrons. The molecule has 2 N–H and O–H groups in total. The van der Waals surface area contributed by atoms with Crippen molar-refractivity contribution in [3.63, 3.8) is 0 Å². The molecule has 5 nitrogen and oxygen atoms in total. The minimum Gasteiger partial charge on any atom is -0.330 e. The van der Waals surface area contributed by atoms with Gasteiger partial charge in [0.1, 0.15) is 0 Å². The first-order chi connectivity index (χ1) is 8.22. The Labute approximate surface area is 101 Å². The molecule has 1 fully saturated rings. The molecular formula is C12H18N4O. The first-order valence-electron chi connectivity index (χ1n) is 5.84. The Morgan fingerprint density at radius 1 is 1.53 bits per heavy atom. The molecule has 0 saturated carbocycles. The fraction of sp³-hybridized carbons (Fsp3) is 0.500. The third-order valence-electron chi connectivity index (χ3n) is 3.13. The quantitative estimate of drug-likeness (QED) is 0.832. The molecule has 1 aliphatic rings. The fourth-order valence-electron chi connectivity index (χ4n) is 2.13. The van der Waals surface area contributed by atoms with E-state index in [1.54, 1.807) is 11.1 Å². The topological polar surface area (TPSA) is 62.5 Å². The van der Waals surface area contributed by atoms with Gasteiger partial charge < -0.3 is 15.5 Å². The van der Waals surface area contributed by atoms with E-state index in [0.717, 1.165) is 18.7 Å². The van der Waals surface area contributed by atoms with Gasteiger partial charge in [-0.15, -0.1) is 0 Å². The second-order valence-corrected chi connectivity index (χ2v) is 4.33. The summed E-state index contributed by atoms with van der Waals surface area (Å²) < 4.78 is 0. The number of nitrogens with two attached hydrogens (primary N) is 1. The van der Waals surface area contributed by atoms with E-state index in [4.69, 9.17) is 5.73 Å².